The average molecular weight is 480 g/mol. The molecule has 4 aromatic carbocycles. The zero-order chi connectivity index (χ0) is 21.2. The molecule has 0 saturated heterocycles. The second kappa shape index (κ2) is 8.73. The van der Waals surface area contributed by atoms with Gasteiger partial charge in [0.1, 0.15) is 24.5 Å². The molecule has 0 bridgehead atoms. The summed E-state index contributed by atoms with van der Waals surface area (Å²) in [6, 6.07) is 41.5. The summed E-state index contributed by atoms with van der Waals surface area (Å²) in [5, 5.41) is 4.41. The Balaban J connectivity index is 1.96. The third-order valence-electron chi connectivity index (χ3n) is 5.09. The summed E-state index contributed by atoms with van der Waals surface area (Å²) in [5.74, 6) is 0. The molecule has 0 aromatic heterocycles. The smallest absolute Gasteiger partial charge is 0.147 e. The Morgan fingerprint density at radius 2 is 0.806 bits per heavy atom. The van der Waals surface area contributed by atoms with E-state index in [9.17, 15) is 0 Å². The molecule has 31 heavy (non-hydrogen) atoms. The quantitative estimate of drug-likeness (QED) is 0.303. The summed E-state index contributed by atoms with van der Waals surface area (Å²) in [6.07, 6.45) is 0. The highest BCUT2D eigenvalue weighted by Crippen LogP contribution is 2.66. The molecule has 1 heterocycles. The van der Waals surface area contributed by atoms with Crippen LogP contribution in [0, 0.1) is 0 Å². The fourth-order valence-electron chi connectivity index (χ4n) is 3.67. The molecule has 0 amide bonds. The van der Waals surface area contributed by atoms with E-state index < -0.39 is 24.5 Å². The van der Waals surface area contributed by atoms with Crippen LogP contribution in [0.1, 0.15) is 0 Å². The molecule has 1 unspecified atom stereocenters. The SMILES string of the molecule is ClS1=NP(c2ccccc2)(c2ccccc2)=NP(c2ccccc2)(c2ccccc2)=N1. The second-order valence-corrected chi connectivity index (χ2v) is 14.8. The van der Waals surface area contributed by atoms with Crippen LogP contribution in [-0.2, 0) is 10.1 Å². The molecule has 0 N–H and O–H groups in total. The number of benzene rings is 4. The first-order chi connectivity index (χ1) is 15.2. The van der Waals surface area contributed by atoms with E-state index in [1.807, 2.05) is 72.8 Å². The molecule has 0 spiro atoms. The highest BCUT2D eigenvalue weighted by molar-refractivity contribution is 8.16. The van der Waals surface area contributed by atoms with Gasteiger partial charge in [0.2, 0.25) is 0 Å². The maximum Gasteiger partial charge on any atom is 0.147 e. The van der Waals surface area contributed by atoms with E-state index in [0.29, 0.717) is 0 Å². The summed E-state index contributed by atoms with van der Waals surface area (Å²) in [7, 11) is 0.836. The molecule has 1 aliphatic heterocycles. The molecular weight excluding hydrogens is 460 g/mol. The van der Waals surface area contributed by atoms with Gasteiger partial charge in [-0.3, -0.25) is 0 Å². The van der Waals surface area contributed by atoms with Gasteiger partial charge in [0, 0.05) is 21.2 Å². The summed E-state index contributed by atoms with van der Waals surface area (Å²) in [4.78, 5) is 0. The van der Waals surface area contributed by atoms with Crippen molar-refractivity contribution in [3.05, 3.63) is 121 Å². The van der Waals surface area contributed by atoms with Crippen molar-refractivity contribution in [3.63, 3.8) is 0 Å². The minimum Gasteiger partial charge on any atom is -0.222 e. The van der Waals surface area contributed by atoms with Gasteiger partial charge in [0.05, 0.1) is 0 Å². The highest BCUT2D eigenvalue weighted by atomic mass is 35.7. The molecule has 0 saturated carbocycles. The molecule has 0 fully saturated rings. The first-order valence-corrected chi connectivity index (χ1v) is 15.2. The van der Waals surface area contributed by atoms with Crippen LogP contribution in [0.2, 0.25) is 0 Å². The molecule has 1 aliphatic rings. The lowest BCUT2D eigenvalue weighted by Gasteiger charge is -2.31. The van der Waals surface area contributed by atoms with Crippen molar-refractivity contribution in [3.8, 4) is 0 Å². The van der Waals surface area contributed by atoms with Crippen molar-refractivity contribution < 1.29 is 0 Å². The topological polar surface area (TPSA) is 37.1 Å². The maximum absolute atomic E-state index is 6.87. The van der Waals surface area contributed by atoms with E-state index >= 15 is 0 Å². The van der Waals surface area contributed by atoms with Gasteiger partial charge in [-0.15, -0.1) is 0 Å². The van der Waals surface area contributed by atoms with Gasteiger partial charge in [0.25, 0.3) is 0 Å². The molecule has 3 nitrogen and oxygen atoms in total. The van der Waals surface area contributed by atoms with E-state index in [1.165, 1.54) is 0 Å². The van der Waals surface area contributed by atoms with Crippen molar-refractivity contribution in [2.75, 3.05) is 0 Å². The summed E-state index contributed by atoms with van der Waals surface area (Å²) in [5.41, 5.74) is 0. The van der Waals surface area contributed by atoms with Gasteiger partial charge in [-0.05, 0) is 10.7 Å². The van der Waals surface area contributed by atoms with Gasteiger partial charge in [-0.2, -0.15) is 8.28 Å². The standard InChI is InChI=1S/C24H20ClN3P2S/c25-31-27-29(21-13-5-1-6-14-21,22-15-7-2-8-16-22)26-30(28-31,23-17-9-3-10-18-23)24-19-11-4-12-20-24/h1-20H. The predicted molar refractivity (Wildman–Crippen MR) is 139 cm³/mol. The lowest BCUT2D eigenvalue weighted by Crippen LogP contribution is -2.21. The zero-order valence-electron chi connectivity index (χ0n) is 16.6. The molecule has 1 atom stereocenters. The van der Waals surface area contributed by atoms with Crippen molar-refractivity contribution in [1.82, 2.24) is 0 Å². The summed E-state index contributed by atoms with van der Waals surface area (Å²) < 4.78 is 15.9. The highest BCUT2D eigenvalue weighted by Gasteiger charge is 2.36. The Morgan fingerprint density at radius 1 is 0.484 bits per heavy atom. The van der Waals surface area contributed by atoms with Crippen LogP contribution in [0.4, 0.5) is 0 Å². The monoisotopic (exact) mass is 479 g/mol. The number of halogens is 1. The molecule has 7 heteroatoms. The fraction of sp³-hybridized carbons (Fsp3) is 0. The van der Waals surface area contributed by atoms with Gasteiger partial charge in [0.15, 0.2) is 0 Å². The number of hydrogen-bond acceptors (Lipinski definition) is 3. The van der Waals surface area contributed by atoms with Crippen LogP contribution >= 0.6 is 25.1 Å². The lowest BCUT2D eigenvalue weighted by atomic mass is 10.4. The van der Waals surface area contributed by atoms with E-state index in [4.69, 9.17) is 23.5 Å². The summed E-state index contributed by atoms with van der Waals surface area (Å²) >= 11 is 0. The third-order valence-corrected chi connectivity index (χ3v) is 15.3. The third kappa shape index (κ3) is 3.79. The van der Waals surface area contributed by atoms with E-state index in [0.717, 1.165) is 21.2 Å². The molecule has 0 radical (unpaired) electrons. The van der Waals surface area contributed by atoms with Crippen molar-refractivity contribution >= 4 is 56.4 Å². The Hall–Kier alpha value is -2.22. The minimum absolute atomic E-state index is 1.00. The Labute approximate surface area is 190 Å². The van der Waals surface area contributed by atoms with Crippen LogP contribution in [-0.4, -0.2) is 0 Å². The van der Waals surface area contributed by atoms with Gasteiger partial charge in [-0.1, -0.05) is 121 Å². The second-order valence-electron chi connectivity index (χ2n) is 7.02. The molecule has 5 rings (SSSR count). The molecule has 0 aliphatic carbocycles. The van der Waals surface area contributed by atoms with E-state index in [1.54, 1.807) is 0 Å². The van der Waals surface area contributed by atoms with Gasteiger partial charge >= 0.3 is 0 Å². The Bertz CT molecular complexity index is 1170. The van der Waals surface area contributed by atoms with Crippen molar-refractivity contribution in [2.45, 2.75) is 0 Å². The zero-order valence-corrected chi connectivity index (χ0v) is 19.9. The summed E-state index contributed by atoms with van der Waals surface area (Å²) in [6.45, 7) is 0. The normalized spacial score (nSPS) is 18.8. The Kier molecular flexibility index (Phi) is 5.82. The average Bonchev–Trinajstić information content (AvgIpc) is 2.86. The van der Waals surface area contributed by atoms with Crippen LogP contribution in [0.3, 0.4) is 0 Å². The number of nitrogens with zero attached hydrogens (tertiary/aromatic N) is 3. The van der Waals surface area contributed by atoms with Crippen LogP contribution in [0.15, 0.2) is 134 Å². The molecular formula is C24H20ClN3P2S. The number of hydrogen-bond donors (Lipinski definition) is 0. The van der Waals surface area contributed by atoms with Crippen LogP contribution in [0.5, 0.6) is 0 Å². The maximum atomic E-state index is 6.87. The first-order valence-electron chi connectivity index (χ1n) is 9.86. The number of rotatable bonds is 4. The van der Waals surface area contributed by atoms with E-state index in [-0.39, 0.29) is 0 Å². The fourth-order valence-corrected chi connectivity index (χ4v) is 15.7. The van der Waals surface area contributed by atoms with Gasteiger partial charge < -0.3 is 0 Å². The lowest BCUT2D eigenvalue weighted by molar-refractivity contribution is 1.65. The largest absolute Gasteiger partial charge is 0.222 e. The van der Waals surface area contributed by atoms with Crippen molar-refractivity contribution in [2.24, 2.45) is 12.8 Å². The Morgan fingerprint density at radius 3 is 1.16 bits per heavy atom. The molecule has 4 aromatic rings. The van der Waals surface area contributed by atoms with Crippen LogP contribution in [0.25, 0.3) is 0 Å². The van der Waals surface area contributed by atoms with Gasteiger partial charge in [-0.25, -0.2) is 4.52 Å². The minimum atomic E-state index is -2.52. The van der Waals surface area contributed by atoms with E-state index in [2.05, 4.69) is 48.5 Å². The first kappa shape index (κ1) is 20.7. The van der Waals surface area contributed by atoms with Crippen molar-refractivity contribution in [1.29, 1.82) is 0 Å². The molecule has 154 valence electrons. The predicted octanol–water partition coefficient (Wildman–Crippen LogP) is 6.41. The van der Waals surface area contributed by atoms with Crippen LogP contribution < -0.4 is 21.2 Å².